The summed E-state index contributed by atoms with van der Waals surface area (Å²) in [4.78, 5) is 15.2. The van der Waals surface area contributed by atoms with Gasteiger partial charge in [0.1, 0.15) is 5.69 Å². The molecule has 0 saturated carbocycles. The first-order valence-electron chi connectivity index (χ1n) is 3.76. The van der Waals surface area contributed by atoms with Gasteiger partial charge < -0.3 is 5.32 Å². The molecular formula is C9H11N2O. The van der Waals surface area contributed by atoms with Crippen LogP contribution in [-0.4, -0.2) is 17.9 Å². The summed E-state index contributed by atoms with van der Waals surface area (Å²) in [6, 6.07) is 3.67. The Morgan fingerprint density at radius 3 is 3.00 bits per heavy atom. The van der Waals surface area contributed by atoms with Crippen LogP contribution in [0.3, 0.4) is 0 Å². The van der Waals surface area contributed by atoms with Gasteiger partial charge in [-0.15, -0.1) is 0 Å². The van der Waals surface area contributed by atoms with Crippen LogP contribution >= 0.6 is 0 Å². The van der Waals surface area contributed by atoms with Gasteiger partial charge in [0.15, 0.2) is 0 Å². The average molecular weight is 163 g/mol. The van der Waals surface area contributed by atoms with Gasteiger partial charge in [-0.1, -0.05) is 13.0 Å². The molecule has 0 bridgehead atoms. The van der Waals surface area contributed by atoms with Crippen molar-refractivity contribution in [2.45, 2.75) is 6.92 Å². The van der Waals surface area contributed by atoms with Gasteiger partial charge in [-0.3, -0.25) is 9.78 Å². The zero-order valence-electron chi connectivity index (χ0n) is 7.16. The molecule has 1 radical (unpaired) electrons. The van der Waals surface area contributed by atoms with Crippen molar-refractivity contribution in [1.29, 1.82) is 0 Å². The van der Waals surface area contributed by atoms with E-state index < -0.39 is 0 Å². The Morgan fingerprint density at radius 2 is 2.42 bits per heavy atom. The normalized spacial score (nSPS) is 9.50. The van der Waals surface area contributed by atoms with Gasteiger partial charge in [-0.2, -0.15) is 0 Å². The van der Waals surface area contributed by atoms with Crippen molar-refractivity contribution in [1.82, 2.24) is 10.3 Å². The third kappa shape index (κ3) is 1.61. The van der Waals surface area contributed by atoms with Gasteiger partial charge in [-0.05, 0) is 18.1 Å². The summed E-state index contributed by atoms with van der Waals surface area (Å²) in [5.41, 5.74) is 1.33. The average Bonchev–Trinajstić information content (AvgIpc) is 2.16. The number of carbonyl (C=O) groups excluding carboxylic acids is 1. The number of nitrogens with zero attached hydrogens (tertiary/aromatic N) is 1. The lowest BCUT2D eigenvalue weighted by Gasteiger charge is -2.03. The van der Waals surface area contributed by atoms with Crippen molar-refractivity contribution in [3.8, 4) is 0 Å². The van der Waals surface area contributed by atoms with Crippen LogP contribution in [0.5, 0.6) is 0 Å². The molecule has 1 aromatic heterocycles. The Balaban J connectivity index is 3.04. The van der Waals surface area contributed by atoms with Crippen LogP contribution in [0.15, 0.2) is 18.3 Å². The number of amides is 1. The largest absolute Gasteiger partial charge is 0.354 e. The molecule has 1 aromatic rings. The quantitative estimate of drug-likeness (QED) is 0.707. The Morgan fingerprint density at radius 1 is 1.67 bits per heavy atom. The van der Waals surface area contributed by atoms with Crippen LogP contribution in [0.2, 0.25) is 0 Å². The van der Waals surface area contributed by atoms with E-state index >= 15 is 0 Å². The van der Waals surface area contributed by atoms with Gasteiger partial charge in [-0.25, -0.2) is 0 Å². The maximum Gasteiger partial charge on any atom is 0.269 e. The highest BCUT2D eigenvalue weighted by Gasteiger charge is 2.08. The van der Waals surface area contributed by atoms with E-state index in [-0.39, 0.29) is 5.91 Å². The molecule has 0 unspecified atom stereocenters. The predicted molar refractivity (Wildman–Crippen MR) is 46.7 cm³/mol. The standard InChI is InChI=1S/C9H11N2O/c1-3-7-5-4-6-11-8(7)9(12)10-2/h3-6H,1-2H3,(H,10,12). The summed E-state index contributed by atoms with van der Waals surface area (Å²) < 4.78 is 0. The van der Waals surface area contributed by atoms with Gasteiger partial charge in [0.25, 0.3) is 5.91 Å². The molecule has 1 heterocycles. The third-order valence-electron chi connectivity index (χ3n) is 1.59. The minimum Gasteiger partial charge on any atom is -0.354 e. The van der Waals surface area contributed by atoms with Crippen LogP contribution in [0, 0.1) is 6.42 Å². The van der Waals surface area contributed by atoms with Crippen LogP contribution in [0.1, 0.15) is 23.0 Å². The van der Waals surface area contributed by atoms with E-state index in [9.17, 15) is 4.79 Å². The molecule has 0 atom stereocenters. The first-order valence-corrected chi connectivity index (χ1v) is 3.76. The first kappa shape index (κ1) is 8.71. The third-order valence-corrected chi connectivity index (χ3v) is 1.59. The summed E-state index contributed by atoms with van der Waals surface area (Å²) in [6.45, 7) is 1.88. The molecule has 63 valence electrons. The molecule has 1 N–H and O–H groups in total. The van der Waals surface area contributed by atoms with Crippen LogP contribution in [0.4, 0.5) is 0 Å². The van der Waals surface area contributed by atoms with Crippen molar-refractivity contribution in [3.63, 3.8) is 0 Å². The van der Waals surface area contributed by atoms with E-state index in [0.717, 1.165) is 5.56 Å². The number of carbonyl (C=O) groups is 1. The Labute approximate surface area is 71.8 Å². The first-order chi connectivity index (χ1) is 5.79. The van der Waals surface area contributed by atoms with Crippen molar-refractivity contribution in [3.05, 3.63) is 36.0 Å². The molecule has 12 heavy (non-hydrogen) atoms. The maximum absolute atomic E-state index is 11.2. The number of pyridine rings is 1. The molecule has 0 aliphatic carbocycles. The van der Waals surface area contributed by atoms with E-state index in [1.807, 2.05) is 25.5 Å². The summed E-state index contributed by atoms with van der Waals surface area (Å²) in [5.74, 6) is -0.149. The van der Waals surface area contributed by atoms with E-state index in [1.165, 1.54) is 0 Å². The van der Waals surface area contributed by atoms with E-state index in [1.54, 1.807) is 13.2 Å². The highest BCUT2D eigenvalue weighted by atomic mass is 16.1. The molecule has 0 aliphatic heterocycles. The number of hydrogen-bond donors (Lipinski definition) is 1. The molecule has 0 aromatic carbocycles. The summed E-state index contributed by atoms with van der Waals surface area (Å²) in [6.07, 6.45) is 3.47. The smallest absolute Gasteiger partial charge is 0.269 e. The van der Waals surface area contributed by atoms with E-state index in [4.69, 9.17) is 0 Å². The fourth-order valence-electron chi connectivity index (χ4n) is 0.959. The summed E-state index contributed by atoms with van der Waals surface area (Å²) >= 11 is 0. The highest BCUT2D eigenvalue weighted by molar-refractivity contribution is 5.93. The van der Waals surface area contributed by atoms with Crippen molar-refractivity contribution < 1.29 is 4.79 Å². The van der Waals surface area contributed by atoms with Gasteiger partial charge >= 0.3 is 0 Å². The Hall–Kier alpha value is -1.38. The lowest BCUT2D eigenvalue weighted by molar-refractivity contribution is 0.0957. The van der Waals surface area contributed by atoms with Crippen molar-refractivity contribution >= 4 is 5.91 Å². The zero-order chi connectivity index (χ0) is 8.97. The number of nitrogens with one attached hydrogen (secondary N) is 1. The second kappa shape index (κ2) is 3.85. The minimum absolute atomic E-state index is 0.149. The molecule has 0 saturated heterocycles. The number of rotatable bonds is 2. The van der Waals surface area contributed by atoms with Crippen LogP contribution < -0.4 is 5.32 Å². The number of hydrogen-bond acceptors (Lipinski definition) is 2. The lowest BCUT2D eigenvalue weighted by Crippen LogP contribution is -2.20. The zero-order valence-corrected chi connectivity index (χ0v) is 7.16. The minimum atomic E-state index is -0.149. The Bertz CT molecular complexity index is 284. The molecule has 3 heteroatoms. The van der Waals surface area contributed by atoms with Crippen LogP contribution in [-0.2, 0) is 0 Å². The molecule has 1 rings (SSSR count). The summed E-state index contributed by atoms with van der Waals surface area (Å²) in [7, 11) is 1.59. The lowest BCUT2D eigenvalue weighted by atomic mass is 10.1. The molecular weight excluding hydrogens is 152 g/mol. The topological polar surface area (TPSA) is 42.0 Å². The predicted octanol–water partition coefficient (Wildman–Crippen LogP) is 1.01. The number of aromatic nitrogens is 1. The van der Waals surface area contributed by atoms with Crippen LogP contribution in [0.25, 0.3) is 0 Å². The van der Waals surface area contributed by atoms with Crippen molar-refractivity contribution in [2.24, 2.45) is 0 Å². The van der Waals surface area contributed by atoms with Gasteiger partial charge in [0.2, 0.25) is 0 Å². The maximum atomic E-state index is 11.2. The SMILES string of the molecule is C[CH]c1cccnc1C(=O)NC. The van der Waals surface area contributed by atoms with Gasteiger partial charge in [0.05, 0.1) is 0 Å². The molecule has 0 fully saturated rings. The van der Waals surface area contributed by atoms with Crippen molar-refractivity contribution in [2.75, 3.05) is 7.05 Å². The van der Waals surface area contributed by atoms with E-state index in [0.29, 0.717) is 5.69 Å². The molecule has 0 spiro atoms. The molecule has 1 amide bonds. The molecule has 0 aliphatic rings. The van der Waals surface area contributed by atoms with Gasteiger partial charge in [0, 0.05) is 13.2 Å². The summed E-state index contributed by atoms with van der Waals surface area (Å²) in [5, 5.41) is 2.53. The highest BCUT2D eigenvalue weighted by Crippen LogP contribution is 2.06. The molecule has 3 nitrogen and oxygen atoms in total. The fraction of sp³-hybridized carbons (Fsp3) is 0.222. The Kier molecular flexibility index (Phi) is 2.80. The van der Waals surface area contributed by atoms with E-state index in [2.05, 4.69) is 10.3 Å². The second-order valence-corrected chi connectivity index (χ2v) is 2.31. The monoisotopic (exact) mass is 163 g/mol. The fourth-order valence-corrected chi connectivity index (χ4v) is 0.959. The second-order valence-electron chi connectivity index (χ2n) is 2.31.